The number of rotatable bonds is 5. The van der Waals surface area contributed by atoms with Crippen LogP contribution in [0.2, 0.25) is 0 Å². The Labute approximate surface area is 115 Å². The van der Waals surface area contributed by atoms with Crippen molar-refractivity contribution in [3.63, 3.8) is 0 Å². The maximum Gasteiger partial charge on any atom is 0.337 e. The van der Waals surface area contributed by atoms with E-state index in [2.05, 4.69) is 20.9 Å². The molecule has 1 atom stereocenters. The van der Waals surface area contributed by atoms with Gasteiger partial charge in [0.05, 0.1) is 12.7 Å². The number of methoxy groups -OCH3 is 2. The number of nitrogens with one attached hydrogen (secondary N) is 1. The first-order valence-electron chi connectivity index (χ1n) is 5.32. The quantitative estimate of drug-likeness (QED) is 0.467. The number of halogens is 1. The Hall–Kier alpha value is -1.79. The number of esters is 1. The number of hydrogen-bond donors (Lipinski definition) is 1. The van der Waals surface area contributed by atoms with Gasteiger partial charge in [0.1, 0.15) is 11.9 Å². The van der Waals surface area contributed by atoms with Crippen molar-refractivity contribution in [1.29, 1.82) is 0 Å². The predicted octanol–water partition coefficient (Wildman–Crippen LogP) is 1.19. The lowest BCUT2D eigenvalue weighted by molar-refractivity contribution is -0.135. The molecule has 0 aliphatic heterocycles. The molecule has 1 unspecified atom stereocenters. The van der Waals surface area contributed by atoms with Crippen LogP contribution in [0, 0.1) is 0 Å². The molecule has 19 heavy (non-hydrogen) atoms. The van der Waals surface area contributed by atoms with Gasteiger partial charge < -0.3 is 19.1 Å². The van der Waals surface area contributed by atoms with Crippen molar-refractivity contribution in [2.75, 3.05) is 14.2 Å². The normalized spacial score (nSPS) is 21.8. The summed E-state index contributed by atoms with van der Waals surface area (Å²) in [4.78, 5) is 22.9. The Morgan fingerprint density at radius 1 is 1.53 bits per heavy atom. The van der Waals surface area contributed by atoms with Gasteiger partial charge in [-0.3, -0.25) is 4.79 Å². The fraction of sp³-hybridized carbons (Fsp3) is 0.333. The zero-order chi connectivity index (χ0) is 14.5. The Kier molecular flexibility index (Phi) is 5.14. The Balaban J connectivity index is 3.08. The second-order valence-corrected chi connectivity index (χ2v) is 3.82. The van der Waals surface area contributed by atoms with Crippen molar-refractivity contribution in [2.24, 2.45) is 0 Å². The molecule has 0 saturated heterocycles. The molecule has 104 valence electrons. The lowest BCUT2D eigenvalue weighted by Crippen LogP contribution is -2.52. The highest BCUT2D eigenvalue weighted by Crippen LogP contribution is 2.31. The molecule has 1 aliphatic rings. The lowest BCUT2D eigenvalue weighted by Gasteiger charge is -2.34. The average molecular weight is 288 g/mol. The summed E-state index contributed by atoms with van der Waals surface area (Å²) in [5.74, 6) is -0.919. The molecule has 1 N–H and O–H groups in total. The van der Waals surface area contributed by atoms with Crippen LogP contribution in [0.5, 0.6) is 0 Å². The van der Waals surface area contributed by atoms with Gasteiger partial charge in [-0.1, -0.05) is 12.7 Å². The highest BCUT2D eigenvalue weighted by Gasteiger charge is 2.40. The first kappa shape index (κ1) is 15.3. The first-order chi connectivity index (χ1) is 9.02. The third-order valence-corrected chi connectivity index (χ3v) is 2.82. The van der Waals surface area contributed by atoms with E-state index >= 15 is 0 Å². The van der Waals surface area contributed by atoms with E-state index in [-0.39, 0.29) is 17.8 Å². The van der Waals surface area contributed by atoms with E-state index in [9.17, 15) is 9.59 Å². The molecule has 7 heteroatoms. The van der Waals surface area contributed by atoms with E-state index in [0.717, 1.165) is 6.08 Å². The second kappa shape index (κ2) is 6.40. The van der Waals surface area contributed by atoms with Crippen LogP contribution in [-0.2, 0) is 23.4 Å². The summed E-state index contributed by atoms with van der Waals surface area (Å²) < 4.78 is 14.5. The van der Waals surface area contributed by atoms with Crippen molar-refractivity contribution in [2.45, 2.75) is 12.1 Å². The molecular weight excluding hydrogens is 274 g/mol. The molecule has 6 nitrogen and oxygen atoms in total. The van der Waals surface area contributed by atoms with Gasteiger partial charge in [-0.25, -0.2) is 4.79 Å². The van der Waals surface area contributed by atoms with Crippen LogP contribution in [0.1, 0.15) is 6.42 Å². The zero-order valence-corrected chi connectivity index (χ0v) is 11.3. The largest absolute Gasteiger partial charge is 0.465 e. The maximum absolute atomic E-state index is 11.4. The molecule has 0 radical (unpaired) electrons. The van der Waals surface area contributed by atoms with Crippen molar-refractivity contribution in [3.05, 3.63) is 36.1 Å². The summed E-state index contributed by atoms with van der Waals surface area (Å²) in [5.41, 5.74) is -1.01. The Bertz CT molecular complexity index is 457. The van der Waals surface area contributed by atoms with Crippen molar-refractivity contribution < 1.29 is 23.4 Å². The monoisotopic (exact) mass is 287 g/mol. The van der Waals surface area contributed by atoms with Crippen molar-refractivity contribution >= 4 is 23.7 Å². The van der Waals surface area contributed by atoms with Gasteiger partial charge >= 0.3 is 5.97 Å². The minimum atomic E-state index is -1.27. The molecule has 0 saturated carbocycles. The molecule has 0 fully saturated rings. The third kappa shape index (κ3) is 3.15. The molecule has 0 aromatic heterocycles. The summed E-state index contributed by atoms with van der Waals surface area (Å²) in [6.45, 7) is 3.35. The minimum absolute atomic E-state index is 0.0785. The number of hydrogen-bond acceptors (Lipinski definition) is 5. The van der Waals surface area contributed by atoms with Crippen LogP contribution in [0.15, 0.2) is 36.1 Å². The molecular formula is C12H14ClNO5. The standard InChI is InChI=1S/C12H14ClNO5/c1-4-10(15)14-12(18-3)6-5-8(11(16)17-2)7-9(12)19-13/h4-5,7H,1,6H2,2-3H3,(H,14,15). The average Bonchev–Trinajstić information content (AvgIpc) is 2.46. The van der Waals surface area contributed by atoms with Gasteiger partial charge in [0.15, 0.2) is 5.76 Å². The van der Waals surface area contributed by atoms with Crippen molar-refractivity contribution in [3.8, 4) is 0 Å². The molecule has 0 aromatic carbocycles. The topological polar surface area (TPSA) is 73.9 Å². The predicted molar refractivity (Wildman–Crippen MR) is 67.8 cm³/mol. The van der Waals surface area contributed by atoms with Crippen LogP contribution in [0.25, 0.3) is 0 Å². The second-order valence-electron chi connectivity index (χ2n) is 3.67. The van der Waals surface area contributed by atoms with E-state index in [1.165, 1.54) is 20.3 Å². The number of carbonyl (C=O) groups is 2. The minimum Gasteiger partial charge on any atom is -0.465 e. The van der Waals surface area contributed by atoms with E-state index in [1.807, 2.05) is 0 Å². The summed E-state index contributed by atoms with van der Waals surface area (Å²) in [6.07, 6.45) is 4.14. The van der Waals surface area contributed by atoms with Crippen LogP contribution < -0.4 is 5.32 Å². The SMILES string of the molecule is C=CC(=O)NC1(OC)CC=C(C(=O)OC)C=C1OCl. The van der Waals surface area contributed by atoms with Crippen LogP contribution in [-0.4, -0.2) is 31.8 Å². The number of ether oxygens (including phenoxy) is 2. The fourth-order valence-corrected chi connectivity index (χ4v) is 1.78. The first-order valence-corrected chi connectivity index (χ1v) is 5.62. The highest BCUT2D eigenvalue weighted by atomic mass is 35.5. The van der Waals surface area contributed by atoms with Crippen molar-refractivity contribution in [1.82, 2.24) is 5.32 Å². The van der Waals surface area contributed by atoms with Crippen LogP contribution in [0.3, 0.4) is 0 Å². The molecule has 0 heterocycles. The van der Waals surface area contributed by atoms with Crippen LogP contribution in [0.4, 0.5) is 0 Å². The Morgan fingerprint density at radius 3 is 2.68 bits per heavy atom. The van der Waals surface area contributed by atoms with Gasteiger partial charge in [-0.05, 0) is 12.2 Å². The molecule has 0 aromatic rings. The van der Waals surface area contributed by atoms with Gasteiger partial charge in [-0.15, -0.1) is 0 Å². The fourth-order valence-electron chi connectivity index (χ4n) is 1.61. The molecule has 0 bridgehead atoms. The van der Waals surface area contributed by atoms with Gasteiger partial charge in [0.2, 0.25) is 11.6 Å². The molecule has 0 spiro atoms. The number of carbonyl (C=O) groups excluding carboxylic acids is 2. The van der Waals surface area contributed by atoms with Gasteiger partial charge in [0.25, 0.3) is 0 Å². The maximum atomic E-state index is 11.4. The Morgan fingerprint density at radius 2 is 2.21 bits per heavy atom. The zero-order valence-electron chi connectivity index (χ0n) is 10.6. The summed E-state index contributed by atoms with van der Waals surface area (Å²) in [5, 5.41) is 2.56. The summed E-state index contributed by atoms with van der Waals surface area (Å²) >= 11 is 5.38. The van der Waals surface area contributed by atoms with E-state index in [4.69, 9.17) is 16.6 Å². The van der Waals surface area contributed by atoms with Gasteiger partial charge in [0, 0.05) is 13.5 Å². The molecule has 1 rings (SSSR count). The van der Waals surface area contributed by atoms with E-state index in [0.29, 0.717) is 0 Å². The van der Waals surface area contributed by atoms with E-state index in [1.54, 1.807) is 6.08 Å². The summed E-state index contributed by atoms with van der Waals surface area (Å²) in [6, 6.07) is 0. The van der Waals surface area contributed by atoms with Gasteiger partial charge in [-0.2, -0.15) is 0 Å². The molecule has 1 aliphatic carbocycles. The lowest BCUT2D eigenvalue weighted by atomic mass is 9.97. The van der Waals surface area contributed by atoms with Crippen LogP contribution >= 0.6 is 11.9 Å². The molecule has 1 amide bonds. The summed E-state index contributed by atoms with van der Waals surface area (Å²) in [7, 11) is 2.64. The highest BCUT2D eigenvalue weighted by molar-refractivity contribution is 6.08. The number of amides is 1. The smallest absolute Gasteiger partial charge is 0.337 e. The van der Waals surface area contributed by atoms with E-state index < -0.39 is 17.6 Å². The third-order valence-electron chi connectivity index (χ3n) is 2.66.